The number of guanidine groups is 1. The Balaban J connectivity index is 0.00000242. The first-order valence-corrected chi connectivity index (χ1v) is 9.66. The molecule has 0 amide bonds. The Morgan fingerprint density at radius 2 is 2.14 bits per heavy atom. The van der Waals surface area contributed by atoms with Crippen molar-refractivity contribution in [3.05, 3.63) is 0 Å². The molecule has 1 saturated carbocycles. The van der Waals surface area contributed by atoms with E-state index in [9.17, 15) is 0 Å². The zero-order chi connectivity index (χ0) is 15.3. The van der Waals surface area contributed by atoms with Gasteiger partial charge >= 0.3 is 0 Å². The van der Waals surface area contributed by atoms with Crippen LogP contribution in [0.5, 0.6) is 0 Å². The Morgan fingerprint density at radius 1 is 1.36 bits per heavy atom. The molecule has 2 fully saturated rings. The van der Waals surface area contributed by atoms with Crippen LogP contribution in [-0.2, 0) is 4.74 Å². The maximum atomic E-state index is 5.86. The van der Waals surface area contributed by atoms with Gasteiger partial charge in [0.1, 0.15) is 0 Å². The molecule has 0 aromatic heterocycles. The average molecular weight is 441 g/mol. The molecule has 0 bridgehead atoms. The van der Waals surface area contributed by atoms with Gasteiger partial charge in [0.25, 0.3) is 0 Å². The maximum Gasteiger partial charge on any atom is 0.191 e. The first-order chi connectivity index (χ1) is 10.1. The van der Waals surface area contributed by atoms with E-state index in [2.05, 4.69) is 37.7 Å². The van der Waals surface area contributed by atoms with E-state index in [1.807, 2.05) is 11.8 Å². The molecule has 1 heterocycles. The van der Waals surface area contributed by atoms with E-state index < -0.39 is 0 Å². The molecule has 22 heavy (non-hydrogen) atoms. The number of hydrogen-bond acceptors (Lipinski definition) is 3. The van der Waals surface area contributed by atoms with Gasteiger partial charge < -0.3 is 15.4 Å². The monoisotopic (exact) mass is 441 g/mol. The molecule has 0 spiro atoms. The summed E-state index contributed by atoms with van der Waals surface area (Å²) in [7, 11) is 0. The summed E-state index contributed by atoms with van der Waals surface area (Å²) < 4.78 is 5.86. The molecule has 0 radical (unpaired) electrons. The summed E-state index contributed by atoms with van der Waals surface area (Å²) in [5.41, 5.74) is 0.205. The minimum atomic E-state index is 0. The summed E-state index contributed by atoms with van der Waals surface area (Å²) in [4.78, 5) is 4.73. The summed E-state index contributed by atoms with van der Waals surface area (Å²) in [6, 6.07) is 0.481. The molecular weight excluding hydrogens is 409 g/mol. The number of nitrogens with one attached hydrogen (secondary N) is 2. The number of aliphatic imine (C=N–C) groups is 1. The Kier molecular flexibility index (Phi) is 8.85. The topological polar surface area (TPSA) is 45.7 Å². The fraction of sp³-hybridized carbons (Fsp3) is 0.938. The van der Waals surface area contributed by atoms with Gasteiger partial charge in [-0.2, -0.15) is 11.8 Å². The fourth-order valence-corrected chi connectivity index (χ4v) is 4.13. The first kappa shape index (κ1) is 20.4. The lowest BCUT2D eigenvalue weighted by molar-refractivity contribution is -0.106. The van der Waals surface area contributed by atoms with Crippen LogP contribution in [0.15, 0.2) is 4.99 Å². The number of rotatable bonds is 7. The molecule has 0 aromatic rings. The van der Waals surface area contributed by atoms with Crippen molar-refractivity contribution in [1.29, 1.82) is 0 Å². The normalized spacial score (nSPS) is 29.3. The number of hydrogen-bond donors (Lipinski definition) is 2. The lowest BCUT2D eigenvalue weighted by atomic mass is 9.57. The fourth-order valence-electron chi connectivity index (χ4n) is 3.63. The Morgan fingerprint density at radius 3 is 2.82 bits per heavy atom. The van der Waals surface area contributed by atoms with Crippen molar-refractivity contribution < 1.29 is 4.74 Å². The third-order valence-electron chi connectivity index (χ3n) is 4.76. The Labute approximate surface area is 157 Å². The number of halogens is 1. The van der Waals surface area contributed by atoms with Crippen molar-refractivity contribution >= 4 is 41.7 Å². The molecule has 1 aliphatic heterocycles. The molecule has 1 aliphatic carbocycles. The van der Waals surface area contributed by atoms with E-state index in [1.165, 1.54) is 25.0 Å². The highest BCUT2D eigenvalue weighted by Crippen LogP contribution is 2.52. The number of ether oxygens (including phenoxy) is 1. The van der Waals surface area contributed by atoms with Crippen molar-refractivity contribution in [1.82, 2.24) is 10.6 Å². The van der Waals surface area contributed by atoms with Crippen LogP contribution in [0.2, 0.25) is 0 Å². The molecule has 130 valence electrons. The van der Waals surface area contributed by atoms with Gasteiger partial charge in [0.2, 0.25) is 0 Å². The largest absolute Gasteiger partial charge is 0.377 e. The summed E-state index contributed by atoms with van der Waals surface area (Å²) >= 11 is 1.91. The quantitative estimate of drug-likeness (QED) is 0.276. The van der Waals surface area contributed by atoms with E-state index in [-0.39, 0.29) is 29.4 Å². The van der Waals surface area contributed by atoms with Gasteiger partial charge in [-0.05, 0) is 38.2 Å². The SMILES string of the molecule is CCNC(=NCCCCSC)NC1C2CCOC2C1(C)C.I. The van der Waals surface area contributed by atoms with Gasteiger partial charge in [0, 0.05) is 37.1 Å². The van der Waals surface area contributed by atoms with Crippen LogP contribution >= 0.6 is 35.7 Å². The smallest absolute Gasteiger partial charge is 0.191 e. The molecule has 6 heteroatoms. The van der Waals surface area contributed by atoms with Gasteiger partial charge in [0.15, 0.2) is 5.96 Å². The predicted octanol–water partition coefficient (Wildman–Crippen LogP) is 3.12. The zero-order valence-electron chi connectivity index (χ0n) is 14.4. The Hall–Kier alpha value is 0.310. The lowest BCUT2D eigenvalue weighted by Gasteiger charge is -2.54. The molecule has 3 atom stereocenters. The van der Waals surface area contributed by atoms with E-state index >= 15 is 0 Å². The van der Waals surface area contributed by atoms with Gasteiger partial charge in [-0.25, -0.2) is 0 Å². The minimum absolute atomic E-state index is 0. The number of thioether (sulfide) groups is 1. The second-order valence-corrected chi connectivity index (χ2v) is 7.63. The van der Waals surface area contributed by atoms with Gasteiger partial charge in [0.05, 0.1) is 6.10 Å². The minimum Gasteiger partial charge on any atom is -0.377 e. The highest BCUT2D eigenvalue weighted by molar-refractivity contribution is 14.0. The van der Waals surface area contributed by atoms with Gasteiger partial charge in [-0.15, -0.1) is 24.0 Å². The van der Waals surface area contributed by atoms with Crippen molar-refractivity contribution in [2.75, 3.05) is 31.7 Å². The summed E-state index contributed by atoms with van der Waals surface area (Å²) in [5.74, 6) is 2.86. The highest BCUT2D eigenvalue weighted by atomic mass is 127. The lowest BCUT2D eigenvalue weighted by Crippen LogP contribution is -2.67. The molecule has 2 aliphatic rings. The van der Waals surface area contributed by atoms with Crippen LogP contribution < -0.4 is 10.6 Å². The van der Waals surface area contributed by atoms with Gasteiger partial charge in [-0.1, -0.05) is 13.8 Å². The maximum absolute atomic E-state index is 5.86. The number of unbranched alkanes of at least 4 members (excludes halogenated alkanes) is 1. The van der Waals surface area contributed by atoms with Gasteiger partial charge in [-0.3, -0.25) is 4.99 Å². The molecule has 3 unspecified atom stereocenters. The molecular formula is C16H32IN3OS. The first-order valence-electron chi connectivity index (χ1n) is 8.26. The molecule has 2 rings (SSSR count). The highest BCUT2D eigenvalue weighted by Gasteiger charge is 2.59. The van der Waals surface area contributed by atoms with Crippen LogP contribution in [0.1, 0.15) is 40.0 Å². The van der Waals surface area contributed by atoms with E-state index in [0.29, 0.717) is 18.1 Å². The standard InChI is InChI=1S/C16H31N3OS.HI/c1-5-17-15(18-9-6-7-11-21-4)19-13-12-8-10-20-14(12)16(13,2)3;/h12-14H,5-11H2,1-4H3,(H2,17,18,19);1H. The predicted molar refractivity (Wildman–Crippen MR) is 108 cm³/mol. The summed E-state index contributed by atoms with van der Waals surface area (Å²) in [6.45, 7) is 9.47. The number of fused-ring (bicyclic) bond motifs is 1. The van der Waals surface area contributed by atoms with Crippen molar-refractivity contribution in [3.8, 4) is 0 Å². The molecule has 2 N–H and O–H groups in total. The third-order valence-corrected chi connectivity index (χ3v) is 5.46. The van der Waals surface area contributed by atoms with Crippen molar-refractivity contribution in [3.63, 3.8) is 0 Å². The van der Waals surface area contributed by atoms with Crippen molar-refractivity contribution in [2.45, 2.75) is 52.2 Å². The van der Waals surface area contributed by atoms with Crippen LogP contribution in [0, 0.1) is 11.3 Å². The molecule has 4 nitrogen and oxygen atoms in total. The van der Waals surface area contributed by atoms with Crippen LogP contribution in [0.25, 0.3) is 0 Å². The van der Waals surface area contributed by atoms with E-state index in [1.54, 1.807) is 0 Å². The second kappa shape index (κ2) is 9.57. The molecule has 0 aromatic carbocycles. The van der Waals surface area contributed by atoms with Crippen molar-refractivity contribution in [2.24, 2.45) is 16.3 Å². The third kappa shape index (κ3) is 4.66. The second-order valence-electron chi connectivity index (χ2n) is 6.65. The summed E-state index contributed by atoms with van der Waals surface area (Å²) in [5, 5.41) is 7.04. The van der Waals surface area contributed by atoms with Crippen LogP contribution in [0.4, 0.5) is 0 Å². The van der Waals surface area contributed by atoms with E-state index in [4.69, 9.17) is 9.73 Å². The number of nitrogens with zero attached hydrogens (tertiary/aromatic N) is 1. The van der Waals surface area contributed by atoms with Crippen LogP contribution in [-0.4, -0.2) is 49.8 Å². The van der Waals surface area contributed by atoms with E-state index in [0.717, 1.165) is 25.7 Å². The Bertz CT molecular complexity index is 365. The van der Waals surface area contributed by atoms with Crippen LogP contribution in [0.3, 0.4) is 0 Å². The molecule has 1 saturated heterocycles. The zero-order valence-corrected chi connectivity index (χ0v) is 17.5. The summed E-state index contributed by atoms with van der Waals surface area (Å²) in [6.07, 6.45) is 6.18. The average Bonchev–Trinajstić information content (AvgIpc) is 2.91.